The van der Waals surface area contributed by atoms with Crippen molar-refractivity contribution in [1.82, 2.24) is 0 Å². The molecule has 0 radical (unpaired) electrons. The largest absolute Gasteiger partial charge is 0.386 e. The molecule has 1 rings (SSSR count). The van der Waals surface area contributed by atoms with Gasteiger partial charge in [-0.15, -0.1) is 0 Å². The van der Waals surface area contributed by atoms with Crippen molar-refractivity contribution in [1.29, 1.82) is 0 Å². The van der Waals surface area contributed by atoms with E-state index in [4.69, 9.17) is 0 Å². The molecule has 0 heterocycles. The molecule has 0 fully saturated rings. The lowest BCUT2D eigenvalue weighted by molar-refractivity contribution is 0.0482. The molecule has 0 saturated heterocycles. The van der Waals surface area contributed by atoms with E-state index in [1.165, 1.54) is 0 Å². The average molecular weight is 178 g/mol. The molecule has 13 heavy (non-hydrogen) atoms. The molecule has 0 aliphatic carbocycles. The molecule has 0 amide bonds. The van der Waals surface area contributed by atoms with Crippen LogP contribution in [0.25, 0.3) is 0 Å². The Bertz CT molecular complexity index is 267. The van der Waals surface area contributed by atoms with Crippen LogP contribution in [0.2, 0.25) is 0 Å². The van der Waals surface area contributed by atoms with Crippen LogP contribution in [0.3, 0.4) is 0 Å². The zero-order chi connectivity index (χ0) is 9.68. The minimum Gasteiger partial charge on any atom is -0.386 e. The van der Waals surface area contributed by atoms with E-state index in [9.17, 15) is 10.2 Å². The Hall–Kier alpha value is -1.12. The van der Waals surface area contributed by atoms with Gasteiger partial charge in [0.2, 0.25) is 0 Å². The van der Waals surface area contributed by atoms with Gasteiger partial charge < -0.3 is 10.2 Å². The predicted molar refractivity (Wildman–Crippen MR) is 52.2 cm³/mol. The molecule has 0 aromatic heterocycles. The fourth-order valence-corrected chi connectivity index (χ4v) is 1.15. The van der Waals surface area contributed by atoms with E-state index in [1.54, 1.807) is 31.2 Å². The molecule has 2 N–H and O–H groups in total. The summed E-state index contributed by atoms with van der Waals surface area (Å²) in [4.78, 5) is 0. The maximum Gasteiger partial charge on any atom is 0.108 e. The van der Waals surface area contributed by atoms with Gasteiger partial charge in [-0.2, -0.15) is 0 Å². The summed E-state index contributed by atoms with van der Waals surface area (Å²) in [6.45, 7) is 1.81. The Morgan fingerprint density at radius 2 is 1.77 bits per heavy atom. The standard InChI is InChI=1S/C11H14O2/c1-2-6-10(12)11(13)9-7-4-3-5-8-9/h2-8,10-13H,1H3. The zero-order valence-corrected chi connectivity index (χ0v) is 7.59. The Balaban J connectivity index is 2.73. The molecule has 2 nitrogen and oxygen atoms in total. The molecule has 2 atom stereocenters. The molecule has 0 saturated carbocycles. The van der Waals surface area contributed by atoms with E-state index in [0.29, 0.717) is 0 Å². The Morgan fingerprint density at radius 1 is 1.15 bits per heavy atom. The van der Waals surface area contributed by atoms with Crippen LogP contribution in [-0.4, -0.2) is 16.3 Å². The first kappa shape index (κ1) is 9.96. The third kappa shape index (κ3) is 2.68. The number of hydrogen-bond acceptors (Lipinski definition) is 2. The lowest BCUT2D eigenvalue weighted by atomic mass is 10.0. The van der Waals surface area contributed by atoms with Gasteiger partial charge in [0.05, 0.1) is 0 Å². The highest BCUT2D eigenvalue weighted by Crippen LogP contribution is 2.16. The van der Waals surface area contributed by atoms with E-state index >= 15 is 0 Å². The van der Waals surface area contributed by atoms with E-state index in [0.717, 1.165) is 5.56 Å². The van der Waals surface area contributed by atoms with Gasteiger partial charge in [0.1, 0.15) is 12.2 Å². The highest BCUT2D eigenvalue weighted by atomic mass is 16.3. The number of hydrogen-bond donors (Lipinski definition) is 2. The topological polar surface area (TPSA) is 40.5 Å². The highest BCUT2D eigenvalue weighted by Gasteiger charge is 2.14. The van der Waals surface area contributed by atoms with Crippen molar-refractivity contribution >= 4 is 0 Å². The molecule has 1 aromatic carbocycles. The second kappa shape index (κ2) is 4.80. The first-order valence-corrected chi connectivity index (χ1v) is 4.29. The summed E-state index contributed by atoms with van der Waals surface area (Å²) >= 11 is 0. The summed E-state index contributed by atoms with van der Waals surface area (Å²) in [5, 5.41) is 19.1. The van der Waals surface area contributed by atoms with Gasteiger partial charge in [0.25, 0.3) is 0 Å². The van der Waals surface area contributed by atoms with Crippen molar-refractivity contribution in [3.8, 4) is 0 Å². The molecule has 0 aliphatic heterocycles. The smallest absolute Gasteiger partial charge is 0.108 e. The Kier molecular flexibility index (Phi) is 3.68. The van der Waals surface area contributed by atoms with Crippen molar-refractivity contribution in [3.63, 3.8) is 0 Å². The fraction of sp³-hybridized carbons (Fsp3) is 0.273. The van der Waals surface area contributed by atoms with Crippen molar-refractivity contribution in [2.75, 3.05) is 0 Å². The van der Waals surface area contributed by atoms with E-state index in [1.807, 2.05) is 18.2 Å². The maximum atomic E-state index is 9.62. The number of aliphatic hydroxyl groups is 2. The Labute approximate surface area is 78.2 Å². The normalized spacial score (nSPS) is 15.9. The van der Waals surface area contributed by atoms with Crippen molar-refractivity contribution < 1.29 is 10.2 Å². The molecule has 0 spiro atoms. The molecule has 2 unspecified atom stereocenters. The van der Waals surface area contributed by atoms with E-state index in [2.05, 4.69) is 0 Å². The third-order valence-corrected chi connectivity index (χ3v) is 1.85. The lowest BCUT2D eigenvalue weighted by Crippen LogP contribution is -2.15. The first-order chi connectivity index (χ1) is 6.25. The third-order valence-electron chi connectivity index (χ3n) is 1.85. The van der Waals surface area contributed by atoms with Gasteiger partial charge in [-0.1, -0.05) is 42.5 Å². The van der Waals surface area contributed by atoms with Gasteiger partial charge in [-0.05, 0) is 12.5 Å². The van der Waals surface area contributed by atoms with Gasteiger partial charge in [-0.3, -0.25) is 0 Å². The first-order valence-electron chi connectivity index (χ1n) is 4.29. The van der Waals surface area contributed by atoms with Crippen LogP contribution in [-0.2, 0) is 0 Å². The van der Waals surface area contributed by atoms with Crippen LogP contribution in [0.15, 0.2) is 42.5 Å². The Morgan fingerprint density at radius 3 is 2.31 bits per heavy atom. The summed E-state index contributed by atoms with van der Waals surface area (Å²) in [6, 6.07) is 9.12. The molecule has 0 aliphatic rings. The zero-order valence-electron chi connectivity index (χ0n) is 7.59. The van der Waals surface area contributed by atoms with Crippen molar-refractivity contribution in [3.05, 3.63) is 48.0 Å². The number of rotatable bonds is 3. The lowest BCUT2D eigenvalue weighted by Gasteiger charge is -2.14. The number of allylic oxidation sites excluding steroid dienone is 1. The summed E-state index contributed by atoms with van der Waals surface area (Å²) in [7, 11) is 0. The summed E-state index contributed by atoms with van der Waals surface area (Å²) < 4.78 is 0. The van der Waals surface area contributed by atoms with Crippen LogP contribution in [0, 0.1) is 0 Å². The SMILES string of the molecule is CC=CC(O)C(O)c1ccccc1. The summed E-state index contributed by atoms with van der Waals surface area (Å²) in [5.41, 5.74) is 0.730. The minimum absolute atomic E-state index is 0.730. The second-order valence-corrected chi connectivity index (χ2v) is 2.87. The number of benzene rings is 1. The highest BCUT2D eigenvalue weighted by molar-refractivity contribution is 5.19. The van der Waals surface area contributed by atoms with Gasteiger partial charge in [0, 0.05) is 0 Å². The van der Waals surface area contributed by atoms with Crippen molar-refractivity contribution in [2.45, 2.75) is 19.1 Å². The minimum atomic E-state index is -0.836. The molecule has 1 aromatic rings. The van der Waals surface area contributed by atoms with Gasteiger partial charge in [0.15, 0.2) is 0 Å². The molecular weight excluding hydrogens is 164 g/mol. The molecule has 2 heteroatoms. The van der Waals surface area contributed by atoms with Crippen molar-refractivity contribution in [2.24, 2.45) is 0 Å². The summed E-state index contributed by atoms with van der Waals surface area (Å²) in [5.74, 6) is 0. The second-order valence-electron chi connectivity index (χ2n) is 2.87. The van der Waals surface area contributed by atoms with Crippen LogP contribution in [0.1, 0.15) is 18.6 Å². The van der Waals surface area contributed by atoms with Gasteiger partial charge >= 0.3 is 0 Å². The average Bonchev–Trinajstić information content (AvgIpc) is 2.18. The van der Waals surface area contributed by atoms with Crippen LogP contribution in [0.4, 0.5) is 0 Å². The predicted octanol–water partition coefficient (Wildman–Crippen LogP) is 1.66. The molecule has 70 valence electrons. The van der Waals surface area contributed by atoms with Gasteiger partial charge in [-0.25, -0.2) is 0 Å². The summed E-state index contributed by atoms with van der Waals surface area (Å²) in [6.07, 6.45) is 1.62. The van der Waals surface area contributed by atoms with E-state index < -0.39 is 12.2 Å². The molecule has 0 bridgehead atoms. The fourth-order valence-electron chi connectivity index (χ4n) is 1.15. The monoisotopic (exact) mass is 178 g/mol. The van der Waals surface area contributed by atoms with Crippen LogP contribution >= 0.6 is 0 Å². The number of aliphatic hydroxyl groups excluding tert-OH is 2. The quantitative estimate of drug-likeness (QED) is 0.691. The maximum absolute atomic E-state index is 9.62. The van der Waals surface area contributed by atoms with Crippen LogP contribution in [0.5, 0.6) is 0 Å². The molecular formula is C11H14O2. The van der Waals surface area contributed by atoms with E-state index in [-0.39, 0.29) is 0 Å². The van der Waals surface area contributed by atoms with Crippen LogP contribution < -0.4 is 0 Å².